The first-order chi connectivity index (χ1) is 6.21. The molecule has 0 heterocycles. The Hall–Kier alpha value is -0.466. The van der Waals surface area contributed by atoms with Crippen LogP contribution in [0.25, 0.3) is 0 Å². The summed E-state index contributed by atoms with van der Waals surface area (Å²) in [7, 11) is -9.48. The molecule has 9 heteroatoms. The van der Waals surface area contributed by atoms with Crippen molar-refractivity contribution < 1.29 is 42.4 Å². The Morgan fingerprint density at radius 1 is 0.867 bits per heavy atom. The van der Waals surface area contributed by atoms with Gasteiger partial charge in [0.2, 0.25) is 0 Å². The average molecular weight is 295 g/mol. The van der Waals surface area contributed by atoms with Gasteiger partial charge < -0.3 is 9.11 Å². The van der Waals surface area contributed by atoms with Crippen LogP contribution in [0, 0.1) is 0 Å². The molecule has 0 saturated carbocycles. The van der Waals surface area contributed by atoms with E-state index in [1.807, 2.05) is 0 Å². The fraction of sp³-hybridized carbons (Fsp3) is 0. The topological polar surface area (TPSA) is 114 Å². The zero-order valence-corrected chi connectivity index (χ0v) is 9.51. The Balaban J connectivity index is 0.00000196. The van der Waals surface area contributed by atoms with Gasteiger partial charge in [0.1, 0.15) is 20.2 Å². The van der Waals surface area contributed by atoms with Gasteiger partial charge in [0, 0.05) is 0 Å². The molecule has 0 aromatic heterocycles. The molecule has 0 bridgehead atoms. The molecule has 0 aliphatic rings. The van der Waals surface area contributed by atoms with Crippen LogP contribution in [0.3, 0.4) is 0 Å². The van der Waals surface area contributed by atoms with Crippen molar-refractivity contribution in [3.8, 4) is 0 Å². The van der Waals surface area contributed by atoms with Crippen LogP contribution in [0.2, 0.25) is 0 Å². The van der Waals surface area contributed by atoms with Crippen LogP contribution in [-0.2, 0) is 36.7 Å². The van der Waals surface area contributed by atoms with Gasteiger partial charge in [0.05, 0.1) is 9.79 Å². The van der Waals surface area contributed by atoms with E-state index >= 15 is 0 Å². The van der Waals surface area contributed by atoms with Gasteiger partial charge in [-0.25, -0.2) is 16.8 Å². The first-order valence-corrected chi connectivity index (χ1v) is 6.05. The second kappa shape index (κ2) is 4.58. The molecule has 1 rings (SSSR count). The fourth-order valence-corrected chi connectivity index (χ4v) is 1.89. The van der Waals surface area contributed by atoms with Crippen molar-refractivity contribution in [2.24, 2.45) is 0 Å². The normalized spacial score (nSPS) is 11.9. The molecule has 1 aromatic carbocycles. The van der Waals surface area contributed by atoms with Crippen molar-refractivity contribution >= 4 is 20.2 Å². The van der Waals surface area contributed by atoms with Crippen molar-refractivity contribution in [1.29, 1.82) is 0 Å². The van der Waals surface area contributed by atoms with E-state index in [1.165, 1.54) is 0 Å². The average Bonchev–Trinajstić information content (AvgIpc) is 2.01. The Bertz CT molecular complexity index is 499. The van der Waals surface area contributed by atoms with E-state index in [4.69, 9.17) is 0 Å². The van der Waals surface area contributed by atoms with Gasteiger partial charge in [-0.3, -0.25) is 0 Å². The third kappa shape index (κ3) is 3.88. The van der Waals surface area contributed by atoms with Gasteiger partial charge in [-0.2, -0.15) is 0 Å². The minimum absolute atomic E-state index is 0. The van der Waals surface area contributed by atoms with Gasteiger partial charge in [-0.05, 0) is 18.2 Å². The molecule has 0 atom stereocenters. The summed E-state index contributed by atoms with van der Waals surface area (Å²) in [6, 6.07) is 3.37. The standard InChI is InChI=1S/C6H6O6S2.Ni/c7-13(8,9)5-2-1-3-6(4-5)14(10,11)12;/h1-4H,(H,7,8,9)(H,10,11,12);/q;+2/p-2. The SMILES string of the molecule is O=S(=O)([O-])c1cccc(S(=O)(=O)[O-])c1.[Ni+2]. The first kappa shape index (κ1) is 14.5. The van der Waals surface area contributed by atoms with Crippen LogP contribution in [0.1, 0.15) is 0 Å². The summed E-state index contributed by atoms with van der Waals surface area (Å²) in [4.78, 5) is -1.48. The summed E-state index contributed by atoms with van der Waals surface area (Å²) in [5.41, 5.74) is 0. The number of hydrogen-bond acceptors (Lipinski definition) is 6. The van der Waals surface area contributed by atoms with Gasteiger partial charge in [-0.1, -0.05) is 6.07 Å². The van der Waals surface area contributed by atoms with Crippen LogP contribution in [0.5, 0.6) is 0 Å². The largest absolute Gasteiger partial charge is 2.00 e. The molecule has 0 unspecified atom stereocenters. The summed E-state index contributed by atoms with van der Waals surface area (Å²) < 4.78 is 62.8. The van der Waals surface area contributed by atoms with E-state index in [0.29, 0.717) is 6.07 Å². The zero-order chi connectivity index (χ0) is 11.0. The zero-order valence-electron chi connectivity index (χ0n) is 6.89. The van der Waals surface area contributed by atoms with Crippen LogP contribution >= 0.6 is 0 Å². The maximum Gasteiger partial charge on any atom is 2.00 e. The molecule has 0 saturated heterocycles. The van der Waals surface area contributed by atoms with E-state index in [-0.39, 0.29) is 16.5 Å². The smallest absolute Gasteiger partial charge is 0.744 e. The molecule has 15 heavy (non-hydrogen) atoms. The molecule has 0 fully saturated rings. The summed E-state index contributed by atoms with van der Waals surface area (Å²) in [5, 5.41) is 0. The van der Waals surface area contributed by atoms with Crippen LogP contribution in [0.4, 0.5) is 0 Å². The Kier molecular flexibility index (Phi) is 4.44. The molecular formula is C6H4NiO6S2. The van der Waals surface area contributed by atoms with Crippen LogP contribution in [-0.4, -0.2) is 25.9 Å². The summed E-state index contributed by atoms with van der Waals surface area (Å²) in [6.45, 7) is 0. The summed E-state index contributed by atoms with van der Waals surface area (Å²) in [6.07, 6.45) is 0. The van der Waals surface area contributed by atoms with Gasteiger partial charge in [0.15, 0.2) is 0 Å². The second-order valence-electron chi connectivity index (χ2n) is 2.38. The molecular weight excluding hydrogens is 291 g/mol. The molecule has 0 N–H and O–H groups in total. The molecule has 1 aromatic rings. The van der Waals surface area contributed by atoms with Gasteiger partial charge >= 0.3 is 16.5 Å². The molecule has 0 amide bonds. The molecule has 0 aliphatic heterocycles. The minimum Gasteiger partial charge on any atom is -0.744 e. The van der Waals surface area contributed by atoms with Crippen molar-refractivity contribution in [2.75, 3.05) is 0 Å². The van der Waals surface area contributed by atoms with E-state index in [9.17, 15) is 25.9 Å². The monoisotopic (exact) mass is 294 g/mol. The van der Waals surface area contributed by atoms with Crippen LogP contribution < -0.4 is 0 Å². The third-order valence-corrected chi connectivity index (χ3v) is 3.05. The summed E-state index contributed by atoms with van der Waals surface area (Å²) in [5.74, 6) is 0. The maximum absolute atomic E-state index is 10.5. The molecule has 0 spiro atoms. The third-order valence-electron chi connectivity index (χ3n) is 1.38. The Morgan fingerprint density at radius 2 is 1.20 bits per heavy atom. The Labute approximate surface area is 96.7 Å². The van der Waals surface area contributed by atoms with Crippen LogP contribution in [0.15, 0.2) is 34.1 Å². The van der Waals surface area contributed by atoms with E-state index in [1.54, 1.807) is 0 Å². The number of rotatable bonds is 2. The molecule has 6 nitrogen and oxygen atoms in total. The van der Waals surface area contributed by atoms with Crippen molar-refractivity contribution in [2.45, 2.75) is 9.79 Å². The number of hydrogen-bond donors (Lipinski definition) is 0. The van der Waals surface area contributed by atoms with E-state index < -0.39 is 30.0 Å². The summed E-state index contributed by atoms with van der Waals surface area (Å²) >= 11 is 0. The maximum atomic E-state index is 10.5. The quantitative estimate of drug-likeness (QED) is 0.536. The number of benzene rings is 1. The van der Waals surface area contributed by atoms with Gasteiger partial charge in [0.25, 0.3) is 0 Å². The van der Waals surface area contributed by atoms with Crippen molar-refractivity contribution in [3.63, 3.8) is 0 Å². The van der Waals surface area contributed by atoms with Gasteiger partial charge in [-0.15, -0.1) is 0 Å². The molecule has 0 radical (unpaired) electrons. The second-order valence-corrected chi connectivity index (χ2v) is 5.14. The van der Waals surface area contributed by atoms with Crippen molar-refractivity contribution in [1.82, 2.24) is 0 Å². The minimum atomic E-state index is -4.74. The van der Waals surface area contributed by atoms with Crippen molar-refractivity contribution in [3.05, 3.63) is 24.3 Å². The first-order valence-electron chi connectivity index (χ1n) is 3.23. The predicted molar refractivity (Wildman–Crippen MR) is 42.4 cm³/mol. The molecule has 86 valence electrons. The van der Waals surface area contributed by atoms with E-state index in [0.717, 1.165) is 18.2 Å². The molecule has 0 aliphatic carbocycles. The predicted octanol–water partition coefficient (Wildman–Crippen LogP) is -0.508. The fourth-order valence-electron chi connectivity index (χ4n) is 0.785. The Morgan fingerprint density at radius 3 is 1.47 bits per heavy atom. The van der Waals surface area contributed by atoms with E-state index in [2.05, 4.69) is 0 Å².